The number of aliphatic hydroxyl groups is 14. The van der Waals surface area contributed by atoms with Crippen molar-refractivity contribution in [3.63, 3.8) is 0 Å². The van der Waals surface area contributed by atoms with Crippen LogP contribution in [0.1, 0.15) is 91.9 Å². The minimum atomic E-state index is -1.86. The fraction of sp³-hybridized carbons (Fsp3) is 0.964. The predicted octanol–water partition coefficient (Wildman–Crippen LogP) is -2.97. The quantitative estimate of drug-likeness (QED) is 0.0609. The number of ether oxygens (including phenoxy) is 11. The van der Waals surface area contributed by atoms with Crippen LogP contribution in [0.2, 0.25) is 0 Å². The molecule has 0 aromatic rings. The molecule has 6 saturated heterocycles. The summed E-state index contributed by atoms with van der Waals surface area (Å²) in [5, 5.41) is 148. The Balaban J connectivity index is 0.784. The molecule has 6 heterocycles. The van der Waals surface area contributed by atoms with Crippen molar-refractivity contribution in [3.8, 4) is 0 Å². The van der Waals surface area contributed by atoms with Crippen LogP contribution in [0.4, 0.5) is 0 Å². The third-order valence-electron chi connectivity index (χ3n) is 21.1. The summed E-state index contributed by atoms with van der Waals surface area (Å²) < 4.78 is 66.5. The van der Waals surface area contributed by atoms with Gasteiger partial charge in [-0.2, -0.15) is 0 Å². The molecule has 10 aliphatic rings. The number of hydrogen-bond donors (Lipinski definition) is 14. The molecule has 0 aromatic carbocycles. The summed E-state index contributed by atoms with van der Waals surface area (Å²) in [7, 11) is 0. The average molecular weight is 1170 g/mol. The van der Waals surface area contributed by atoms with Crippen molar-refractivity contribution < 1.29 is 124 Å². The van der Waals surface area contributed by atoms with Crippen LogP contribution in [0, 0.1) is 52.3 Å². The minimum absolute atomic E-state index is 0.0374. The van der Waals surface area contributed by atoms with E-state index in [2.05, 4.69) is 33.8 Å². The van der Waals surface area contributed by atoms with Crippen LogP contribution in [0.3, 0.4) is 0 Å². The first-order chi connectivity index (χ1) is 38.6. The average Bonchev–Trinajstić information content (AvgIpc) is 3.70. The van der Waals surface area contributed by atoms with Gasteiger partial charge >= 0.3 is 0 Å². The van der Waals surface area contributed by atoms with Crippen LogP contribution in [0.25, 0.3) is 0 Å². The molecule has 4 aliphatic carbocycles. The molecule has 81 heavy (non-hydrogen) atoms. The van der Waals surface area contributed by atoms with Crippen molar-refractivity contribution in [1.82, 2.24) is 0 Å². The van der Waals surface area contributed by atoms with Gasteiger partial charge in [0.05, 0.1) is 58.5 Å². The van der Waals surface area contributed by atoms with Crippen molar-refractivity contribution in [1.29, 1.82) is 0 Å². The molecule has 0 radical (unpaired) electrons. The van der Waals surface area contributed by atoms with E-state index in [1.807, 2.05) is 0 Å². The molecule has 6 aliphatic heterocycles. The van der Waals surface area contributed by atoms with Crippen LogP contribution in [-0.4, -0.2) is 265 Å². The van der Waals surface area contributed by atoms with E-state index < -0.39 is 161 Å². The summed E-state index contributed by atoms with van der Waals surface area (Å²) >= 11 is 0. The van der Waals surface area contributed by atoms with Crippen molar-refractivity contribution in [2.24, 2.45) is 52.3 Å². The Kier molecular flexibility index (Phi) is 19.7. The van der Waals surface area contributed by atoms with Gasteiger partial charge in [0, 0.05) is 24.9 Å². The SMILES string of the molecule is C[C@@H]1CC[C@@]2(OC1)O[C@H]1C[C@H]3[C@@H]4CC=C5C[C@@H](OCCC(CO[C@H]6O[C@H](CO)[C@@H](O[C@H]7O[C@H](CO)[C@@H](O)[C@H](O)[C@H]7O)[C@H](O)[C@H]6O)CO[C@H]6O[C@H](CO)[C@@H](O[C@H]7O[C@H](CO)[C@@H](O)[C@H](O)[C@H]7O)[C@H](O)[C@H]6O)CC[C@]5(C)[C@H]4CC[C@]3(C)[C@H]1[C@@H]2C. The van der Waals surface area contributed by atoms with Crippen LogP contribution in [-0.2, 0) is 52.1 Å². The van der Waals surface area contributed by atoms with E-state index >= 15 is 0 Å². The van der Waals surface area contributed by atoms with Gasteiger partial charge in [-0.05, 0) is 98.2 Å². The lowest BCUT2D eigenvalue weighted by molar-refractivity contribution is -0.363. The topological polar surface area (TPSA) is 385 Å². The molecule has 0 amide bonds. The maximum absolute atomic E-state index is 11.3. The molecule has 0 aromatic heterocycles. The van der Waals surface area contributed by atoms with E-state index in [9.17, 15) is 71.5 Å². The van der Waals surface area contributed by atoms with E-state index in [0.29, 0.717) is 35.5 Å². The zero-order valence-electron chi connectivity index (χ0n) is 46.8. The van der Waals surface area contributed by atoms with Crippen LogP contribution in [0.15, 0.2) is 11.6 Å². The maximum atomic E-state index is 11.3. The van der Waals surface area contributed by atoms with Gasteiger partial charge in [-0.3, -0.25) is 0 Å². The van der Waals surface area contributed by atoms with Gasteiger partial charge in [0.15, 0.2) is 30.9 Å². The van der Waals surface area contributed by atoms with E-state index in [1.54, 1.807) is 0 Å². The predicted molar refractivity (Wildman–Crippen MR) is 274 cm³/mol. The molecule has 31 atom stereocenters. The Morgan fingerprint density at radius 1 is 0.580 bits per heavy atom. The second kappa shape index (κ2) is 25.5. The molecular weight excluding hydrogens is 1070 g/mol. The Hall–Kier alpha value is -1.26. The van der Waals surface area contributed by atoms with Crippen LogP contribution < -0.4 is 0 Å². The number of rotatable bonds is 18. The summed E-state index contributed by atoms with van der Waals surface area (Å²) in [6.07, 6.45) is -21.3. The van der Waals surface area contributed by atoms with Crippen molar-refractivity contribution in [2.75, 3.05) is 52.9 Å². The molecule has 1 spiro atoms. The van der Waals surface area contributed by atoms with Crippen molar-refractivity contribution in [2.45, 2.75) is 233 Å². The highest BCUT2D eigenvalue weighted by Gasteiger charge is 2.69. The van der Waals surface area contributed by atoms with E-state index in [-0.39, 0.29) is 49.3 Å². The highest BCUT2D eigenvalue weighted by molar-refractivity contribution is 5.26. The largest absolute Gasteiger partial charge is 0.394 e. The number of hydrogen-bond acceptors (Lipinski definition) is 25. The van der Waals surface area contributed by atoms with E-state index in [4.69, 9.17) is 52.1 Å². The standard InChI is InChI=1S/C56H92O25/c1-24-7-13-56(74-21-24)25(2)37-32(81-56)16-31-29-6-5-27-15-28(8-11-54(27,3)30(29)9-12-55(31,37)4)71-14-10-26(22-72-50-46(69)42(65)48(35(19-59)77-50)79-52-44(67)40(63)38(61)33(17-57)75-52)23-73-51-47(70)43(66)49(36(20-60)78-51)80-53-45(68)41(64)39(62)34(18-58)76-53/h5,24-26,28-53,57-70H,6-23H2,1-4H3/t24-,25+,28+,29-,30+,31+,32+,33-,34-,35-,36-,37+,38-,39-,40+,41+,42-,43-,44-,45-,46-,47-,48-,49-,50+,51+,52-,53-,54+,55+,56-/m1/s1. The van der Waals surface area contributed by atoms with Crippen molar-refractivity contribution in [3.05, 3.63) is 11.6 Å². The highest BCUT2D eigenvalue weighted by Crippen LogP contribution is 2.70. The van der Waals surface area contributed by atoms with Crippen LogP contribution in [0.5, 0.6) is 0 Å². The molecule has 466 valence electrons. The van der Waals surface area contributed by atoms with Crippen molar-refractivity contribution >= 4 is 0 Å². The van der Waals surface area contributed by atoms with Gasteiger partial charge in [-0.1, -0.05) is 39.3 Å². The summed E-state index contributed by atoms with van der Waals surface area (Å²) in [6, 6.07) is 0. The van der Waals surface area contributed by atoms with E-state index in [1.165, 1.54) is 18.4 Å². The summed E-state index contributed by atoms with van der Waals surface area (Å²) in [5.41, 5.74) is 1.66. The van der Waals surface area contributed by atoms with Gasteiger partial charge in [0.2, 0.25) is 0 Å². The lowest BCUT2D eigenvalue weighted by Gasteiger charge is -2.58. The molecule has 25 heteroatoms. The second-order valence-electron chi connectivity index (χ2n) is 25.8. The van der Waals surface area contributed by atoms with Gasteiger partial charge in [-0.25, -0.2) is 0 Å². The van der Waals surface area contributed by atoms with Crippen LogP contribution >= 0.6 is 0 Å². The molecule has 0 unspecified atom stereocenters. The molecular formula is C56H92O25. The lowest BCUT2D eigenvalue weighted by atomic mass is 9.47. The molecule has 25 nitrogen and oxygen atoms in total. The first-order valence-electron chi connectivity index (χ1n) is 29.6. The third kappa shape index (κ3) is 11.7. The first kappa shape index (κ1) is 62.8. The van der Waals surface area contributed by atoms with E-state index in [0.717, 1.165) is 51.6 Å². The molecule has 0 bridgehead atoms. The number of fused-ring (bicyclic) bond motifs is 7. The molecule has 10 rings (SSSR count). The Labute approximate surface area is 471 Å². The first-order valence-corrected chi connectivity index (χ1v) is 29.6. The lowest BCUT2D eigenvalue weighted by Crippen LogP contribution is -2.65. The third-order valence-corrected chi connectivity index (χ3v) is 21.1. The zero-order chi connectivity index (χ0) is 58.0. The summed E-state index contributed by atoms with van der Waals surface area (Å²) in [4.78, 5) is 0. The van der Waals surface area contributed by atoms with Gasteiger partial charge in [-0.15, -0.1) is 0 Å². The molecule has 3 saturated carbocycles. The Morgan fingerprint density at radius 3 is 1.63 bits per heavy atom. The maximum Gasteiger partial charge on any atom is 0.187 e. The van der Waals surface area contributed by atoms with Gasteiger partial charge in [0.25, 0.3) is 0 Å². The van der Waals surface area contributed by atoms with Gasteiger partial charge in [0.1, 0.15) is 97.7 Å². The number of aliphatic hydroxyl groups excluding tert-OH is 14. The minimum Gasteiger partial charge on any atom is -0.394 e. The number of allylic oxidation sites excluding steroid dienone is 1. The monoisotopic (exact) mass is 1160 g/mol. The Bertz CT molecular complexity index is 2000. The highest BCUT2D eigenvalue weighted by atomic mass is 16.8. The fourth-order valence-corrected chi connectivity index (χ4v) is 16.3. The molecule has 9 fully saturated rings. The fourth-order valence-electron chi connectivity index (χ4n) is 16.3. The normalized spacial score (nSPS) is 52.8. The smallest absolute Gasteiger partial charge is 0.187 e. The summed E-state index contributed by atoms with van der Waals surface area (Å²) in [6.45, 7) is 7.00. The summed E-state index contributed by atoms with van der Waals surface area (Å²) in [5.74, 6) is 1.99. The Morgan fingerprint density at radius 2 is 1.11 bits per heavy atom. The second-order valence-corrected chi connectivity index (χ2v) is 25.8. The molecule has 14 N–H and O–H groups in total. The zero-order valence-corrected chi connectivity index (χ0v) is 46.8. The van der Waals surface area contributed by atoms with Gasteiger partial charge < -0.3 is 124 Å².